The molecule has 2 aromatic rings. The highest BCUT2D eigenvalue weighted by atomic mass is 16.7. The Balaban J connectivity index is 1.87. The van der Waals surface area contributed by atoms with Crippen LogP contribution in [0, 0.1) is 13.8 Å². The molecule has 0 aliphatic rings. The van der Waals surface area contributed by atoms with Crippen LogP contribution in [0.25, 0.3) is 0 Å². The van der Waals surface area contributed by atoms with Crippen LogP contribution in [-0.4, -0.2) is 6.79 Å². The van der Waals surface area contributed by atoms with E-state index in [0.717, 1.165) is 17.9 Å². The number of ether oxygens (including phenoxy) is 2. The molecule has 0 bridgehead atoms. The maximum atomic E-state index is 5.63. The van der Waals surface area contributed by atoms with E-state index < -0.39 is 0 Å². The maximum absolute atomic E-state index is 5.63. The molecule has 0 aliphatic heterocycles. The van der Waals surface area contributed by atoms with Crippen LogP contribution in [-0.2, 0) is 0 Å². The Bertz CT molecular complexity index is 573. The zero-order valence-electron chi connectivity index (χ0n) is 13.3. The summed E-state index contributed by atoms with van der Waals surface area (Å²) in [5.74, 6) is 2.27. The van der Waals surface area contributed by atoms with Crippen molar-refractivity contribution >= 4 is 0 Å². The highest BCUT2D eigenvalue weighted by Crippen LogP contribution is 2.22. The maximum Gasteiger partial charge on any atom is 0.230 e. The van der Waals surface area contributed by atoms with E-state index in [0.29, 0.717) is 5.92 Å². The minimum atomic E-state index is 0.227. The number of hydrogen-bond donors (Lipinski definition) is 0. The van der Waals surface area contributed by atoms with Gasteiger partial charge in [0.1, 0.15) is 11.5 Å². The fourth-order valence-corrected chi connectivity index (χ4v) is 2.10. The van der Waals surface area contributed by atoms with Gasteiger partial charge >= 0.3 is 0 Å². The Kier molecular flexibility index (Phi) is 5.26. The predicted molar refractivity (Wildman–Crippen MR) is 87.2 cm³/mol. The first kappa shape index (κ1) is 15.4. The van der Waals surface area contributed by atoms with Gasteiger partial charge in [0.2, 0.25) is 6.79 Å². The molecule has 0 fully saturated rings. The second-order valence-electron chi connectivity index (χ2n) is 5.53. The largest absolute Gasteiger partial charge is 0.458 e. The molecule has 0 N–H and O–H groups in total. The summed E-state index contributed by atoms with van der Waals surface area (Å²) in [6.45, 7) is 8.83. The monoisotopic (exact) mass is 284 g/mol. The van der Waals surface area contributed by atoms with E-state index in [1.165, 1.54) is 16.7 Å². The smallest absolute Gasteiger partial charge is 0.230 e. The summed E-state index contributed by atoms with van der Waals surface area (Å²) < 4.78 is 11.2. The van der Waals surface area contributed by atoms with Gasteiger partial charge in [0.15, 0.2) is 0 Å². The minimum absolute atomic E-state index is 0.227. The molecular formula is C19H24O2. The molecule has 0 heterocycles. The van der Waals surface area contributed by atoms with Gasteiger partial charge in [-0.2, -0.15) is 0 Å². The van der Waals surface area contributed by atoms with Crippen LogP contribution in [0.5, 0.6) is 11.5 Å². The number of aryl methyl sites for hydroxylation is 2. The van der Waals surface area contributed by atoms with Crippen molar-refractivity contribution in [1.29, 1.82) is 0 Å². The third-order valence-electron chi connectivity index (χ3n) is 3.99. The average Bonchev–Trinajstić information content (AvgIpc) is 2.51. The van der Waals surface area contributed by atoms with Gasteiger partial charge in [-0.15, -0.1) is 0 Å². The van der Waals surface area contributed by atoms with Gasteiger partial charge in [0.05, 0.1) is 0 Å². The van der Waals surface area contributed by atoms with Crippen LogP contribution in [0.2, 0.25) is 0 Å². The van der Waals surface area contributed by atoms with E-state index in [-0.39, 0.29) is 6.79 Å². The first-order valence-electron chi connectivity index (χ1n) is 7.53. The molecule has 2 nitrogen and oxygen atoms in total. The highest BCUT2D eigenvalue weighted by Gasteiger charge is 2.03. The Morgan fingerprint density at radius 1 is 0.857 bits per heavy atom. The summed E-state index contributed by atoms with van der Waals surface area (Å²) in [6.07, 6.45) is 1.15. The first-order valence-corrected chi connectivity index (χ1v) is 7.53. The van der Waals surface area contributed by atoms with Crippen molar-refractivity contribution < 1.29 is 9.47 Å². The van der Waals surface area contributed by atoms with E-state index in [9.17, 15) is 0 Å². The number of hydrogen-bond acceptors (Lipinski definition) is 2. The quantitative estimate of drug-likeness (QED) is 0.676. The highest BCUT2D eigenvalue weighted by molar-refractivity contribution is 5.34. The van der Waals surface area contributed by atoms with Gasteiger partial charge in [-0.25, -0.2) is 0 Å². The lowest BCUT2D eigenvalue weighted by molar-refractivity contribution is 0.120. The Hall–Kier alpha value is -1.96. The molecule has 21 heavy (non-hydrogen) atoms. The second kappa shape index (κ2) is 7.16. The van der Waals surface area contributed by atoms with Crippen LogP contribution < -0.4 is 9.47 Å². The topological polar surface area (TPSA) is 18.5 Å². The fraction of sp³-hybridized carbons (Fsp3) is 0.368. The summed E-state index contributed by atoms with van der Waals surface area (Å²) in [4.78, 5) is 0. The van der Waals surface area contributed by atoms with Crippen LogP contribution in [0.4, 0.5) is 0 Å². The zero-order chi connectivity index (χ0) is 15.2. The average molecular weight is 284 g/mol. The normalized spacial score (nSPS) is 12.0. The summed E-state index contributed by atoms with van der Waals surface area (Å²) >= 11 is 0. The molecule has 0 saturated heterocycles. The van der Waals surface area contributed by atoms with E-state index in [4.69, 9.17) is 9.47 Å². The van der Waals surface area contributed by atoms with E-state index in [1.54, 1.807) is 0 Å². The Labute approximate surface area is 127 Å². The minimum Gasteiger partial charge on any atom is -0.458 e. The van der Waals surface area contributed by atoms with E-state index in [1.807, 2.05) is 24.3 Å². The third kappa shape index (κ3) is 4.25. The van der Waals surface area contributed by atoms with Crippen LogP contribution in [0.1, 0.15) is 42.9 Å². The van der Waals surface area contributed by atoms with Gasteiger partial charge in [0, 0.05) is 0 Å². The summed E-state index contributed by atoms with van der Waals surface area (Å²) in [7, 11) is 0. The Morgan fingerprint density at radius 3 is 2.10 bits per heavy atom. The van der Waals surface area contributed by atoms with Crippen molar-refractivity contribution in [2.45, 2.75) is 40.0 Å². The SMILES string of the molecule is CCC(C)c1ccc(OCOc2ccc(C)c(C)c2)cc1. The molecular weight excluding hydrogens is 260 g/mol. The molecule has 112 valence electrons. The molecule has 2 aromatic carbocycles. The lowest BCUT2D eigenvalue weighted by atomic mass is 9.99. The molecule has 0 spiro atoms. The van der Waals surface area contributed by atoms with Gasteiger partial charge in [-0.05, 0) is 67.1 Å². The Morgan fingerprint density at radius 2 is 1.48 bits per heavy atom. The lowest BCUT2D eigenvalue weighted by Gasteiger charge is -2.12. The molecule has 0 radical (unpaired) electrons. The van der Waals surface area contributed by atoms with Gasteiger partial charge in [-0.1, -0.05) is 32.0 Å². The summed E-state index contributed by atoms with van der Waals surface area (Å²) in [5.41, 5.74) is 3.84. The van der Waals surface area contributed by atoms with Crippen LogP contribution in [0.3, 0.4) is 0 Å². The van der Waals surface area contributed by atoms with Crippen molar-refractivity contribution in [3.05, 3.63) is 59.2 Å². The van der Waals surface area contributed by atoms with E-state index in [2.05, 4.69) is 45.9 Å². The van der Waals surface area contributed by atoms with Gasteiger partial charge in [0.25, 0.3) is 0 Å². The second-order valence-corrected chi connectivity index (χ2v) is 5.53. The van der Waals surface area contributed by atoms with Crippen molar-refractivity contribution in [2.24, 2.45) is 0 Å². The van der Waals surface area contributed by atoms with Crippen molar-refractivity contribution in [1.82, 2.24) is 0 Å². The molecule has 2 rings (SSSR count). The van der Waals surface area contributed by atoms with Crippen LogP contribution >= 0.6 is 0 Å². The third-order valence-corrected chi connectivity index (χ3v) is 3.99. The first-order chi connectivity index (χ1) is 10.1. The molecule has 0 amide bonds. The number of benzene rings is 2. The molecule has 2 heteroatoms. The van der Waals surface area contributed by atoms with Crippen LogP contribution in [0.15, 0.2) is 42.5 Å². The molecule has 0 aromatic heterocycles. The predicted octanol–water partition coefficient (Wildman–Crippen LogP) is 5.23. The van der Waals surface area contributed by atoms with Gasteiger partial charge in [-0.3, -0.25) is 0 Å². The molecule has 1 atom stereocenters. The zero-order valence-corrected chi connectivity index (χ0v) is 13.3. The van der Waals surface area contributed by atoms with Crippen molar-refractivity contribution in [3.8, 4) is 11.5 Å². The number of rotatable bonds is 6. The summed E-state index contributed by atoms with van der Waals surface area (Å²) in [6, 6.07) is 14.3. The molecule has 0 saturated carbocycles. The van der Waals surface area contributed by atoms with E-state index >= 15 is 0 Å². The summed E-state index contributed by atoms with van der Waals surface area (Å²) in [5, 5.41) is 0. The van der Waals surface area contributed by atoms with Crippen molar-refractivity contribution in [3.63, 3.8) is 0 Å². The molecule has 0 aliphatic carbocycles. The van der Waals surface area contributed by atoms with Gasteiger partial charge < -0.3 is 9.47 Å². The van der Waals surface area contributed by atoms with Crippen molar-refractivity contribution in [2.75, 3.05) is 6.79 Å². The molecule has 1 unspecified atom stereocenters. The lowest BCUT2D eigenvalue weighted by Crippen LogP contribution is -2.06. The standard InChI is InChI=1S/C19H24O2/c1-5-14(2)17-7-10-18(11-8-17)20-13-21-19-9-6-15(3)16(4)12-19/h6-12,14H,5,13H2,1-4H3. The fourth-order valence-electron chi connectivity index (χ4n) is 2.10.